The zero-order valence-corrected chi connectivity index (χ0v) is 12.1. The van der Waals surface area contributed by atoms with E-state index in [0.29, 0.717) is 12.6 Å². The molecule has 0 atom stereocenters. The standard InChI is InChI=1S/C16H22N2O3/c19-15(17-13-6-2-1-3-7-13)12-18(11-10-16(20)21)14-8-4-5-9-14/h1-3,6-7,14H,4-5,8-12H2,(H,17,19)(H,20,21). The highest BCUT2D eigenvalue weighted by atomic mass is 16.4. The van der Waals surface area contributed by atoms with E-state index < -0.39 is 5.97 Å². The number of carbonyl (C=O) groups excluding carboxylic acids is 1. The molecule has 1 aliphatic rings. The molecule has 0 radical (unpaired) electrons. The van der Waals surface area contributed by atoms with E-state index in [4.69, 9.17) is 5.11 Å². The van der Waals surface area contributed by atoms with E-state index in [2.05, 4.69) is 5.32 Å². The van der Waals surface area contributed by atoms with Crippen LogP contribution in [0.15, 0.2) is 30.3 Å². The van der Waals surface area contributed by atoms with Crippen LogP contribution < -0.4 is 5.32 Å². The molecule has 1 amide bonds. The van der Waals surface area contributed by atoms with Crippen LogP contribution in [0.2, 0.25) is 0 Å². The molecule has 0 spiro atoms. The van der Waals surface area contributed by atoms with Crippen molar-refractivity contribution in [3.63, 3.8) is 0 Å². The minimum absolute atomic E-state index is 0.0785. The lowest BCUT2D eigenvalue weighted by Gasteiger charge is -2.27. The largest absolute Gasteiger partial charge is 0.481 e. The number of nitrogens with zero attached hydrogens (tertiary/aromatic N) is 1. The lowest BCUT2D eigenvalue weighted by molar-refractivity contribution is -0.137. The van der Waals surface area contributed by atoms with Crippen LogP contribution in [0.5, 0.6) is 0 Å². The summed E-state index contributed by atoms with van der Waals surface area (Å²) in [6.07, 6.45) is 4.51. The Balaban J connectivity index is 1.90. The number of aliphatic carboxylic acids is 1. The first-order chi connectivity index (χ1) is 10.1. The van der Waals surface area contributed by atoms with Gasteiger partial charge in [-0.15, -0.1) is 0 Å². The molecule has 1 aromatic rings. The third-order valence-corrected chi connectivity index (χ3v) is 3.86. The van der Waals surface area contributed by atoms with Gasteiger partial charge in [0.2, 0.25) is 5.91 Å². The number of hydrogen-bond donors (Lipinski definition) is 2. The van der Waals surface area contributed by atoms with Crippen molar-refractivity contribution in [3.05, 3.63) is 30.3 Å². The normalized spacial score (nSPS) is 15.3. The van der Waals surface area contributed by atoms with Crippen LogP contribution in [-0.4, -0.2) is 41.0 Å². The molecule has 21 heavy (non-hydrogen) atoms. The molecule has 0 bridgehead atoms. The van der Waals surface area contributed by atoms with Gasteiger partial charge in [-0.05, 0) is 25.0 Å². The lowest BCUT2D eigenvalue weighted by Crippen LogP contribution is -2.40. The highest BCUT2D eigenvalue weighted by Crippen LogP contribution is 2.23. The summed E-state index contributed by atoms with van der Waals surface area (Å²) in [5, 5.41) is 11.7. The summed E-state index contributed by atoms with van der Waals surface area (Å²) in [6.45, 7) is 0.690. The third kappa shape index (κ3) is 5.19. The van der Waals surface area contributed by atoms with Crippen molar-refractivity contribution in [3.8, 4) is 0 Å². The summed E-state index contributed by atoms with van der Waals surface area (Å²) in [6, 6.07) is 9.66. The molecule has 0 unspecified atom stereocenters. The van der Waals surface area contributed by atoms with Crippen LogP contribution in [0.25, 0.3) is 0 Å². The van der Waals surface area contributed by atoms with Crippen LogP contribution in [0.4, 0.5) is 5.69 Å². The SMILES string of the molecule is O=C(O)CCN(CC(=O)Nc1ccccc1)C1CCCC1. The Hall–Kier alpha value is -1.88. The third-order valence-electron chi connectivity index (χ3n) is 3.86. The molecule has 2 rings (SSSR count). The number of hydrogen-bond acceptors (Lipinski definition) is 3. The van der Waals surface area contributed by atoms with Gasteiger partial charge in [-0.3, -0.25) is 14.5 Å². The van der Waals surface area contributed by atoms with Gasteiger partial charge in [0.1, 0.15) is 0 Å². The fraction of sp³-hybridized carbons (Fsp3) is 0.500. The van der Waals surface area contributed by atoms with E-state index in [-0.39, 0.29) is 18.9 Å². The van der Waals surface area contributed by atoms with E-state index in [1.54, 1.807) is 0 Å². The molecular formula is C16H22N2O3. The van der Waals surface area contributed by atoms with Crippen molar-refractivity contribution >= 4 is 17.6 Å². The van der Waals surface area contributed by atoms with Crippen LogP contribution in [0, 0.1) is 0 Å². The van der Waals surface area contributed by atoms with Gasteiger partial charge < -0.3 is 10.4 Å². The van der Waals surface area contributed by atoms with Gasteiger partial charge >= 0.3 is 5.97 Å². The molecule has 1 aromatic carbocycles. The van der Waals surface area contributed by atoms with Crippen molar-refractivity contribution in [2.75, 3.05) is 18.4 Å². The van der Waals surface area contributed by atoms with Crippen molar-refractivity contribution in [2.24, 2.45) is 0 Å². The van der Waals surface area contributed by atoms with Gasteiger partial charge in [-0.1, -0.05) is 31.0 Å². The summed E-state index contributed by atoms with van der Waals surface area (Å²) in [4.78, 5) is 24.9. The zero-order chi connectivity index (χ0) is 15.1. The Morgan fingerprint density at radius 3 is 2.48 bits per heavy atom. The maximum Gasteiger partial charge on any atom is 0.304 e. The second-order valence-corrected chi connectivity index (χ2v) is 5.47. The molecule has 114 valence electrons. The number of para-hydroxylation sites is 1. The second kappa shape index (κ2) is 7.78. The number of anilines is 1. The Morgan fingerprint density at radius 1 is 1.19 bits per heavy atom. The average Bonchev–Trinajstić information content (AvgIpc) is 2.98. The first kappa shape index (κ1) is 15.5. The van der Waals surface area contributed by atoms with Crippen molar-refractivity contribution < 1.29 is 14.7 Å². The Bertz CT molecular complexity index is 470. The van der Waals surface area contributed by atoms with Crippen molar-refractivity contribution in [1.82, 2.24) is 4.90 Å². The van der Waals surface area contributed by atoms with Crippen LogP contribution in [-0.2, 0) is 9.59 Å². The fourth-order valence-corrected chi connectivity index (χ4v) is 2.81. The topological polar surface area (TPSA) is 69.6 Å². The Kier molecular flexibility index (Phi) is 5.75. The molecule has 5 nitrogen and oxygen atoms in total. The summed E-state index contributed by atoms with van der Waals surface area (Å²) >= 11 is 0. The fourth-order valence-electron chi connectivity index (χ4n) is 2.81. The summed E-state index contributed by atoms with van der Waals surface area (Å²) in [7, 11) is 0. The number of rotatable bonds is 7. The molecule has 5 heteroatoms. The molecule has 0 saturated heterocycles. The number of amides is 1. The number of carboxylic acid groups (broad SMARTS) is 1. The predicted molar refractivity (Wildman–Crippen MR) is 81.2 cm³/mol. The molecule has 0 aromatic heterocycles. The molecule has 0 heterocycles. The van der Waals surface area contributed by atoms with Crippen LogP contribution in [0.3, 0.4) is 0 Å². The van der Waals surface area contributed by atoms with Gasteiger partial charge in [-0.25, -0.2) is 0 Å². The number of benzene rings is 1. The predicted octanol–water partition coefficient (Wildman–Crippen LogP) is 2.34. The quantitative estimate of drug-likeness (QED) is 0.808. The second-order valence-electron chi connectivity index (χ2n) is 5.47. The zero-order valence-electron chi connectivity index (χ0n) is 12.1. The van der Waals surface area contributed by atoms with Crippen molar-refractivity contribution in [1.29, 1.82) is 0 Å². The first-order valence-corrected chi connectivity index (χ1v) is 7.46. The highest BCUT2D eigenvalue weighted by molar-refractivity contribution is 5.92. The van der Waals surface area contributed by atoms with E-state index >= 15 is 0 Å². The first-order valence-electron chi connectivity index (χ1n) is 7.46. The smallest absolute Gasteiger partial charge is 0.304 e. The van der Waals surface area contributed by atoms with Crippen LogP contribution in [0.1, 0.15) is 32.1 Å². The van der Waals surface area contributed by atoms with Crippen molar-refractivity contribution in [2.45, 2.75) is 38.1 Å². The number of carboxylic acids is 1. The minimum atomic E-state index is -0.818. The van der Waals surface area contributed by atoms with E-state index in [1.165, 1.54) is 0 Å². The van der Waals surface area contributed by atoms with E-state index in [1.807, 2.05) is 35.2 Å². The molecular weight excluding hydrogens is 268 g/mol. The molecule has 1 fully saturated rings. The lowest BCUT2D eigenvalue weighted by atomic mass is 10.2. The summed E-state index contributed by atoms with van der Waals surface area (Å²) < 4.78 is 0. The highest BCUT2D eigenvalue weighted by Gasteiger charge is 2.24. The molecule has 1 saturated carbocycles. The van der Waals surface area contributed by atoms with Gasteiger partial charge in [-0.2, -0.15) is 0 Å². The van der Waals surface area contributed by atoms with Crippen LogP contribution >= 0.6 is 0 Å². The Morgan fingerprint density at radius 2 is 1.86 bits per heavy atom. The maximum absolute atomic E-state index is 12.1. The van der Waals surface area contributed by atoms with Gasteiger partial charge in [0.15, 0.2) is 0 Å². The monoisotopic (exact) mass is 290 g/mol. The summed E-state index contributed by atoms with van der Waals surface area (Å²) in [5.74, 6) is -0.903. The van der Waals surface area contributed by atoms with E-state index in [9.17, 15) is 9.59 Å². The average molecular weight is 290 g/mol. The minimum Gasteiger partial charge on any atom is -0.481 e. The van der Waals surface area contributed by atoms with E-state index in [0.717, 1.165) is 31.4 Å². The number of nitrogens with one attached hydrogen (secondary N) is 1. The Labute approximate surface area is 125 Å². The van der Waals surface area contributed by atoms with Gasteiger partial charge in [0, 0.05) is 18.3 Å². The molecule has 0 aliphatic heterocycles. The summed E-state index contributed by atoms with van der Waals surface area (Å²) in [5.41, 5.74) is 0.770. The van der Waals surface area contributed by atoms with Gasteiger partial charge in [0.25, 0.3) is 0 Å². The maximum atomic E-state index is 12.1. The van der Waals surface area contributed by atoms with Gasteiger partial charge in [0.05, 0.1) is 13.0 Å². The molecule has 2 N–H and O–H groups in total. The molecule has 1 aliphatic carbocycles. The number of carbonyl (C=O) groups is 2.